The molecule has 0 bridgehead atoms. The molecule has 3 aromatic rings. The van der Waals surface area contributed by atoms with Crippen LogP contribution in [0.25, 0.3) is 22.4 Å². The first-order valence-corrected chi connectivity index (χ1v) is 8.28. The van der Waals surface area contributed by atoms with Gasteiger partial charge in [-0.3, -0.25) is 9.97 Å². The summed E-state index contributed by atoms with van der Waals surface area (Å²) in [5.41, 5.74) is 9.00. The van der Waals surface area contributed by atoms with Crippen LogP contribution < -0.4 is 5.73 Å². The highest BCUT2D eigenvalue weighted by molar-refractivity contribution is 5.89. The molecular formula is C18H19FN6. The van der Waals surface area contributed by atoms with Gasteiger partial charge in [0.1, 0.15) is 23.0 Å². The number of hydrogen-bond donors (Lipinski definition) is 2. The lowest BCUT2D eigenvalue weighted by Gasteiger charge is -2.01. The number of aromatic nitrogens is 5. The molecule has 0 aromatic carbocycles. The molecule has 1 saturated carbocycles. The fourth-order valence-electron chi connectivity index (χ4n) is 2.81. The van der Waals surface area contributed by atoms with E-state index in [4.69, 9.17) is 10.8 Å². The number of halogens is 1. The Morgan fingerprint density at radius 2 is 2.12 bits per heavy atom. The molecule has 4 rings (SSSR count). The molecule has 0 radical (unpaired) electrons. The van der Waals surface area contributed by atoms with Crippen molar-refractivity contribution < 1.29 is 4.39 Å². The highest BCUT2D eigenvalue weighted by atomic mass is 19.1. The Morgan fingerprint density at radius 1 is 1.28 bits per heavy atom. The fourth-order valence-corrected chi connectivity index (χ4v) is 2.81. The van der Waals surface area contributed by atoms with Crippen LogP contribution in [0.4, 0.5) is 10.2 Å². The standard InChI is InChI=1S/C18H19FN6/c1-11-8-16(20)23-18-14(6-7-21-11)17(15-5-4-13(19)9-22-15)24-25(18)10-12-2-3-12/h4-9,12,23H,2-3,10,20H2,1H3. The molecule has 0 atom stereocenters. The van der Waals surface area contributed by atoms with E-state index in [9.17, 15) is 4.39 Å². The van der Waals surface area contributed by atoms with Gasteiger partial charge in [-0.1, -0.05) is 0 Å². The Hall–Kier alpha value is -2.96. The molecule has 3 heterocycles. The van der Waals surface area contributed by atoms with Crippen molar-refractivity contribution in [2.75, 3.05) is 5.73 Å². The molecular weight excluding hydrogens is 319 g/mol. The van der Waals surface area contributed by atoms with Crippen molar-refractivity contribution >= 4 is 16.9 Å². The number of nitrogen functional groups attached to an aromatic ring is 1. The molecule has 3 aromatic heterocycles. The first-order chi connectivity index (χ1) is 12.1. The molecule has 0 unspecified atom stereocenters. The van der Waals surface area contributed by atoms with E-state index >= 15 is 0 Å². The van der Waals surface area contributed by atoms with Crippen LogP contribution in [-0.2, 0) is 6.54 Å². The molecule has 6 nitrogen and oxygen atoms in total. The minimum Gasteiger partial charge on any atom is -0.385 e. The second-order valence-electron chi connectivity index (χ2n) is 6.41. The van der Waals surface area contributed by atoms with Crippen molar-refractivity contribution in [3.8, 4) is 11.4 Å². The Bertz CT molecular complexity index is 967. The van der Waals surface area contributed by atoms with Gasteiger partial charge in [-0.05, 0) is 49.9 Å². The van der Waals surface area contributed by atoms with Gasteiger partial charge >= 0.3 is 0 Å². The number of anilines is 1. The summed E-state index contributed by atoms with van der Waals surface area (Å²) in [5.74, 6) is 0.767. The minimum absolute atomic E-state index is 0.373. The van der Waals surface area contributed by atoms with Gasteiger partial charge in [0.15, 0.2) is 0 Å². The molecule has 1 aliphatic carbocycles. The van der Waals surface area contributed by atoms with Gasteiger partial charge in [-0.2, -0.15) is 5.10 Å². The quantitative estimate of drug-likeness (QED) is 0.766. The molecule has 7 heteroatoms. The number of aryl methyl sites for hydroxylation is 1. The molecule has 3 N–H and O–H groups in total. The van der Waals surface area contributed by atoms with Crippen molar-refractivity contribution in [2.24, 2.45) is 5.92 Å². The molecule has 1 aliphatic rings. The van der Waals surface area contributed by atoms with Gasteiger partial charge in [0.05, 0.1) is 11.9 Å². The van der Waals surface area contributed by atoms with Crippen LogP contribution in [0.3, 0.4) is 0 Å². The molecule has 0 amide bonds. The average Bonchev–Trinajstić information content (AvgIpc) is 3.32. The van der Waals surface area contributed by atoms with Crippen molar-refractivity contribution in [1.82, 2.24) is 24.7 Å². The van der Waals surface area contributed by atoms with E-state index in [0.717, 1.165) is 23.3 Å². The van der Waals surface area contributed by atoms with Crippen LogP contribution in [0.15, 0.2) is 36.7 Å². The van der Waals surface area contributed by atoms with Crippen molar-refractivity contribution in [2.45, 2.75) is 26.3 Å². The normalized spacial score (nSPS) is 13.8. The second kappa shape index (κ2) is 6.16. The predicted octanol–water partition coefficient (Wildman–Crippen LogP) is 3.39. The third-order valence-electron chi connectivity index (χ3n) is 4.23. The summed E-state index contributed by atoms with van der Waals surface area (Å²) < 4.78 is 15.2. The summed E-state index contributed by atoms with van der Waals surface area (Å²) in [6.07, 6.45) is 5.34. The second-order valence-corrected chi connectivity index (χ2v) is 6.41. The van der Waals surface area contributed by atoms with E-state index < -0.39 is 0 Å². The Balaban J connectivity index is 2.00. The summed E-state index contributed by atoms with van der Waals surface area (Å²) in [6.45, 7) is 2.70. The van der Waals surface area contributed by atoms with Gasteiger partial charge in [0, 0.05) is 23.8 Å². The highest BCUT2D eigenvalue weighted by Crippen LogP contribution is 2.33. The Morgan fingerprint density at radius 3 is 2.84 bits per heavy atom. The molecule has 128 valence electrons. The number of nitrogens with two attached hydrogens (primary N) is 1. The van der Waals surface area contributed by atoms with Crippen molar-refractivity contribution in [3.05, 3.63) is 48.2 Å². The van der Waals surface area contributed by atoms with E-state index in [1.54, 1.807) is 18.3 Å². The number of pyridine rings is 1. The number of aromatic amines is 1. The summed E-state index contributed by atoms with van der Waals surface area (Å²) in [4.78, 5) is 11.8. The third-order valence-corrected chi connectivity index (χ3v) is 4.23. The maximum Gasteiger partial charge on any atom is 0.141 e. The molecule has 0 aliphatic heterocycles. The number of nitrogens with zero attached hydrogens (tertiary/aromatic N) is 4. The lowest BCUT2D eigenvalue weighted by molar-refractivity contribution is 0.577. The fraction of sp³-hybridized carbons (Fsp3) is 0.278. The van der Waals surface area contributed by atoms with Crippen LogP contribution >= 0.6 is 0 Å². The molecule has 1 fully saturated rings. The third kappa shape index (κ3) is 3.31. The van der Waals surface area contributed by atoms with Crippen LogP contribution in [0.2, 0.25) is 0 Å². The molecule has 0 spiro atoms. The van der Waals surface area contributed by atoms with Crippen LogP contribution in [0.5, 0.6) is 0 Å². The van der Waals surface area contributed by atoms with E-state index in [0.29, 0.717) is 23.1 Å². The first-order valence-electron chi connectivity index (χ1n) is 8.28. The topological polar surface area (TPSA) is 85.4 Å². The number of rotatable bonds is 3. The minimum atomic E-state index is -0.373. The highest BCUT2D eigenvalue weighted by Gasteiger charge is 2.24. The van der Waals surface area contributed by atoms with E-state index in [-0.39, 0.29) is 5.82 Å². The number of H-pyrrole nitrogens is 1. The summed E-state index contributed by atoms with van der Waals surface area (Å²) in [6, 6.07) is 6.68. The molecule has 0 saturated heterocycles. The smallest absolute Gasteiger partial charge is 0.141 e. The number of hydrogen-bond acceptors (Lipinski definition) is 4. The largest absolute Gasteiger partial charge is 0.385 e. The van der Waals surface area contributed by atoms with Gasteiger partial charge < -0.3 is 10.7 Å². The lowest BCUT2D eigenvalue weighted by atomic mass is 10.2. The molecule has 25 heavy (non-hydrogen) atoms. The SMILES string of the molecule is Cc1cc(N)[nH]c2c(ccn1)c(-c1ccc(F)cn1)nn2CC1CC1. The van der Waals surface area contributed by atoms with Gasteiger partial charge in [-0.25, -0.2) is 9.07 Å². The predicted molar refractivity (Wildman–Crippen MR) is 94.6 cm³/mol. The Labute approximate surface area is 144 Å². The zero-order chi connectivity index (χ0) is 17.4. The number of fused-ring (bicyclic) bond motifs is 1. The maximum absolute atomic E-state index is 13.2. The first kappa shape index (κ1) is 15.6. The van der Waals surface area contributed by atoms with E-state index in [1.807, 2.05) is 17.7 Å². The van der Waals surface area contributed by atoms with Gasteiger partial charge in [-0.15, -0.1) is 0 Å². The average molecular weight is 338 g/mol. The summed E-state index contributed by atoms with van der Waals surface area (Å²) in [7, 11) is 0. The van der Waals surface area contributed by atoms with Crippen molar-refractivity contribution in [1.29, 1.82) is 0 Å². The van der Waals surface area contributed by atoms with Gasteiger partial charge in [0.25, 0.3) is 0 Å². The van der Waals surface area contributed by atoms with Crippen LogP contribution in [-0.4, -0.2) is 24.7 Å². The lowest BCUT2D eigenvalue weighted by Crippen LogP contribution is -2.03. The Kier molecular flexibility index (Phi) is 3.83. The monoisotopic (exact) mass is 338 g/mol. The van der Waals surface area contributed by atoms with Crippen LogP contribution in [0, 0.1) is 18.7 Å². The van der Waals surface area contributed by atoms with Crippen LogP contribution in [0.1, 0.15) is 18.5 Å². The van der Waals surface area contributed by atoms with Gasteiger partial charge in [0.2, 0.25) is 0 Å². The summed E-state index contributed by atoms with van der Waals surface area (Å²) >= 11 is 0. The van der Waals surface area contributed by atoms with Crippen molar-refractivity contribution in [3.63, 3.8) is 0 Å². The summed E-state index contributed by atoms with van der Waals surface area (Å²) in [5, 5.41) is 5.57. The zero-order valence-electron chi connectivity index (χ0n) is 13.9. The van der Waals surface area contributed by atoms with E-state index in [1.165, 1.54) is 25.1 Å². The zero-order valence-corrected chi connectivity index (χ0v) is 13.9. The maximum atomic E-state index is 13.2. The van der Waals surface area contributed by atoms with E-state index in [2.05, 4.69) is 15.0 Å². The number of nitrogens with one attached hydrogen (secondary N) is 1.